The van der Waals surface area contributed by atoms with E-state index in [0.29, 0.717) is 18.4 Å². The Hall–Kier alpha value is -0.890. The number of allylic oxidation sites excluding steroid dienone is 3. The fourth-order valence-electron chi connectivity index (χ4n) is 5.33. The SMILES string of the molecule is C=C1CC[C@@H]2[C@](C)(CO)CCC[C@@]2(C)[C@@H]1CC/C=C(\C)C=O. The maximum absolute atomic E-state index is 10.8. The van der Waals surface area contributed by atoms with E-state index in [1.165, 1.54) is 24.8 Å². The van der Waals surface area contributed by atoms with Gasteiger partial charge in [0.05, 0.1) is 0 Å². The zero-order chi connectivity index (χ0) is 16.4. The molecule has 0 aliphatic heterocycles. The van der Waals surface area contributed by atoms with E-state index in [4.69, 9.17) is 0 Å². The molecule has 124 valence electrons. The molecule has 0 heterocycles. The van der Waals surface area contributed by atoms with Crippen LogP contribution in [0.25, 0.3) is 0 Å². The Morgan fingerprint density at radius 3 is 2.77 bits per heavy atom. The fraction of sp³-hybridized carbons (Fsp3) is 0.750. The number of carbonyl (C=O) groups is 1. The molecule has 0 saturated heterocycles. The topological polar surface area (TPSA) is 37.3 Å². The van der Waals surface area contributed by atoms with Crippen LogP contribution in [0.1, 0.15) is 65.7 Å². The number of rotatable bonds is 5. The molecule has 0 aromatic heterocycles. The molecule has 0 spiro atoms. The highest BCUT2D eigenvalue weighted by Gasteiger charge is 2.53. The number of hydrogen-bond acceptors (Lipinski definition) is 2. The van der Waals surface area contributed by atoms with Crippen molar-refractivity contribution in [2.45, 2.75) is 65.7 Å². The second-order valence-corrected chi connectivity index (χ2v) is 8.12. The summed E-state index contributed by atoms with van der Waals surface area (Å²) in [6.45, 7) is 11.2. The smallest absolute Gasteiger partial charge is 0.145 e. The van der Waals surface area contributed by atoms with Crippen LogP contribution in [-0.4, -0.2) is 18.0 Å². The van der Waals surface area contributed by atoms with Crippen molar-refractivity contribution in [2.75, 3.05) is 6.61 Å². The van der Waals surface area contributed by atoms with Crippen molar-refractivity contribution in [2.24, 2.45) is 22.7 Å². The van der Waals surface area contributed by atoms with Gasteiger partial charge in [0.1, 0.15) is 6.29 Å². The molecule has 2 fully saturated rings. The molecule has 0 radical (unpaired) electrons. The van der Waals surface area contributed by atoms with Crippen molar-refractivity contribution in [3.05, 3.63) is 23.8 Å². The van der Waals surface area contributed by atoms with Gasteiger partial charge in [-0.15, -0.1) is 0 Å². The zero-order valence-electron chi connectivity index (χ0n) is 14.5. The molecule has 2 heteroatoms. The largest absolute Gasteiger partial charge is 0.396 e. The van der Waals surface area contributed by atoms with Crippen LogP contribution in [0.3, 0.4) is 0 Å². The summed E-state index contributed by atoms with van der Waals surface area (Å²) in [4.78, 5) is 10.8. The van der Waals surface area contributed by atoms with Gasteiger partial charge < -0.3 is 5.11 Å². The maximum atomic E-state index is 10.8. The van der Waals surface area contributed by atoms with Gasteiger partial charge in [-0.25, -0.2) is 0 Å². The standard InChI is InChI=1S/C20H32O2/c1-15(13-21)7-5-8-17-16(2)9-10-18-19(3,14-22)11-6-12-20(17,18)4/h7,13,17-18,22H,2,5-6,8-12,14H2,1,3-4H3/b15-7+/t17-,18-,19+,20+/m1/s1. The number of aliphatic hydroxyl groups is 1. The minimum Gasteiger partial charge on any atom is -0.396 e. The van der Waals surface area contributed by atoms with E-state index in [9.17, 15) is 9.90 Å². The molecule has 0 amide bonds. The lowest BCUT2D eigenvalue weighted by atomic mass is 9.47. The van der Waals surface area contributed by atoms with Gasteiger partial charge in [0, 0.05) is 6.61 Å². The van der Waals surface area contributed by atoms with Gasteiger partial charge in [-0.1, -0.05) is 38.5 Å². The molecule has 22 heavy (non-hydrogen) atoms. The summed E-state index contributed by atoms with van der Waals surface area (Å²) in [6.07, 6.45) is 10.9. The summed E-state index contributed by atoms with van der Waals surface area (Å²) in [7, 11) is 0. The van der Waals surface area contributed by atoms with Gasteiger partial charge in [0.2, 0.25) is 0 Å². The molecular formula is C20H32O2. The van der Waals surface area contributed by atoms with Gasteiger partial charge in [-0.2, -0.15) is 0 Å². The first-order chi connectivity index (χ1) is 10.4. The van der Waals surface area contributed by atoms with E-state index in [0.717, 1.165) is 37.5 Å². The molecule has 2 aliphatic carbocycles. The summed E-state index contributed by atoms with van der Waals surface area (Å²) in [5, 5.41) is 9.97. The molecule has 2 aliphatic rings. The first-order valence-electron chi connectivity index (χ1n) is 8.78. The van der Waals surface area contributed by atoms with E-state index in [1.54, 1.807) is 0 Å². The molecule has 2 saturated carbocycles. The minimum absolute atomic E-state index is 0.0699. The molecule has 4 atom stereocenters. The molecule has 1 N–H and O–H groups in total. The number of aliphatic hydroxyl groups excluding tert-OH is 1. The van der Waals surface area contributed by atoms with Crippen molar-refractivity contribution in [1.29, 1.82) is 0 Å². The second-order valence-electron chi connectivity index (χ2n) is 8.12. The van der Waals surface area contributed by atoms with E-state index in [-0.39, 0.29) is 10.8 Å². The van der Waals surface area contributed by atoms with Gasteiger partial charge in [0.15, 0.2) is 0 Å². The van der Waals surface area contributed by atoms with Gasteiger partial charge in [-0.05, 0) is 73.7 Å². The summed E-state index contributed by atoms with van der Waals surface area (Å²) >= 11 is 0. The van der Waals surface area contributed by atoms with E-state index < -0.39 is 0 Å². The van der Waals surface area contributed by atoms with E-state index in [1.807, 2.05) is 6.92 Å². The van der Waals surface area contributed by atoms with Crippen molar-refractivity contribution in [3.63, 3.8) is 0 Å². The molecule has 0 aromatic carbocycles. The van der Waals surface area contributed by atoms with Crippen LogP contribution in [0.15, 0.2) is 23.8 Å². The average molecular weight is 304 g/mol. The first kappa shape index (κ1) is 17.5. The van der Waals surface area contributed by atoms with Gasteiger partial charge >= 0.3 is 0 Å². The Morgan fingerprint density at radius 2 is 2.14 bits per heavy atom. The summed E-state index contributed by atoms with van der Waals surface area (Å²) in [6, 6.07) is 0. The monoisotopic (exact) mass is 304 g/mol. The zero-order valence-corrected chi connectivity index (χ0v) is 14.5. The van der Waals surface area contributed by atoms with Crippen molar-refractivity contribution >= 4 is 6.29 Å². The molecule has 0 aromatic rings. The number of aldehydes is 1. The van der Waals surface area contributed by atoms with Gasteiger partial charge in [0.25, 0.3) is 0 Å². The lowest BCUT2D eigenvalue weighted by Gasteiger charge is -2.58. The van der Waals surface area contributed by atoms with Crippen LogP contribution < -0.4 is 0 Å². The number of carbonyl (C=O) groups excluding carboxylic acids is 1. The molecular weight excluding hydrogens is 272 g/mol. The van der Waals surface area contributed by atoms with Crippen molar-refractivity contribution < 1.29 is 9.90 Å². The molecule has 2 rings (SSSR count). The Bertz CT molecular complexity index is 464. The van der Waals surface area contributed by atoms with E-state index >= 15 is 0 Å². The van der Waals surface area contributed by atoms with Crippen molar-refractivity contribution in [1.82, 2.24) is 0 Å². The molecule has 2 nitrogen and oxygen atoms in total. The predicted octanol–water partition coefficient (Wildman–Crippen LogP) is 4.68. The minimum atomic E-state index is 0.0699. The lowest BCUT2D eigenvalue weighted by molar-refractivity contribution is -0.104. The highest BCUT2D eigenvalue weighted by Crippen LogP contribution is 2.61. The number of fused-ring (bicyclic) bond motifs is 1. The third-order valence-electron chi connectivity index (χ3n) is 6.61. The van der Waals surface area contributed by atoms with Crippen LogP contribution in [0.4, 0.5) is 0 Å². The first-order valence-corrected chi connectivity index (χ1v) is 8.78. The normalized spacial score (nSPS) is 39.5. The maximum Gasteiger partial charge on any atom is 0.145 e. The average Bonchev–Trinajstić information content (AvgIpc) is 2.49. The van der Waals surface area contributed by atoms with Crippen LogP contribution in [-0.2, 0) is 4.79 Å². The summed E-state index contributed by atoms with van der Waals surface area (Å²) in [5.41, 5.74) is 2.54. The third-order valence-corrected chi connectivity index (χ3v) is 6.61. The highest BCUT2D eigenvalue weighted by molar-refractivity contribution is 5.71. The van der Waals surface area contributed by atoms with Crippen LogP contribution >= 0.6 is 0 Å². The second kappa shape index (κ2) is 6.70. The molecule has 0 bridgehead atoms. The Balaban J connectivity index is 2.20. The Kier molecular flexibility index (Phi) is 5.32. The highest BCUT2D eigenvalue weighted by atomic mass is 16.3. The van der Waals surface area contributed by atoms with Crippen LogP contribution in [0.5, 0.6) is 0 Å². The summed E-state index contributed by atoms with van der Waals surface area (Å²) < 4.78 is 0. The molecule has 0 unspecified atom stereocenters. The quantitative estimate of drug-likeness (QED) is 0.455. The number of hydrogen-bond donors (Lipinski definition) is 1. The van der Waals surface area contributed by atoms with E-state index in [2.05, 4.69) is 26.5 Å². The third kappa shape index (κ3) is 3.08. The van der Waals surface area contributed by atoms with Crippen molar-refractivity contribution in [3.8, 4) is 0 Å². The van der Waals surface area contributed by atoms with Crippen LogP contribution in [0, 0.1) is 22.7 Å². The predicted molar refractivity (Wildman–Crippen MR) is 91.6 cm³/mol. The fourth-order valence-corrected chi connectivity index (χ4v) is 5.33. The van der Waals surface area contributed by atoms with Crippen LogP contribution in [0.2, 0.25) is 0 Å². The summed E-state index contributed by atoms with van der Waals surface area (Å²) in [5.74, 6) is 1.11. The Labute approximate surface area is 135 Å². The lowest BCUT2D eigenvalue weighted by Crippen LogP contribution is -2.51. The van der Waals surface area contributed by atoms with Gasteiger partial charge in [-0.3, -0.25) is 4.79 Å². The Morgan fingerprint density at radius 1 is 1.41 bits per heavy atom.